The van der Waals surface area contributed by atoms with Crippen molar-refractivity contribution in [3.05, 3.63) is 0 Å². The molecule has 1 aliphatic rings. The van der Waals surface area contributed by atoms with E-state index in [1.54, 1.807) is 0 Å². The van der Waals surface area contributed by atoms with E-state index < -0.39 is 12.0 Å². The predicted octanol–water partition coefficient (Wildman–Crippen LogP) is 0.179. The Bertz CT molecular complexity index is 209. The van der Waals surface area contributed by atoms with E-state index in [1.165, 1.54) is 0 Å². The van der Waals surface area contributed by atoms with Crippen LogP contribution in [0.2, 0.25) is 0 Å². The number of hydrogen-bond donors (Lipinski definition) is 1. The fourth-order valence-corrected chi connectivity index (χ4v) is 1.30. The van der Waals surface area contributed by atoms with Crippen molar-refractivity contribution in [1.29, 1.82) is 5.26 Å². The van der Waals surface area contributed by atoms with Gasteiger partial charge >= 0.3 is 0 Å². The maximum absolute atomic E-state index is 11.2. The third-order valence-electron chi connectivity index (χ3n) is 1.94. The van der Waals surface area contributed by atoms with Crippen molar-refractivity contribution in [2.24, 2.45) is 5.92 Å². The Morgan fingerprint density at radius 1 is 1.91 bits per heavy atom. The first-order valence-corrected chi connectivity index (χ1v) is 3.59. The summed E-state index contributed by atoms with van der Waals surface area (Å²) in [5.41, 5.74) is 0. The predicted molar refractivity (Wildman–Crippen MR) is 36.7 cm³/mol. The van der Waals surface area contributed by atoms with E-state index in [2.05, 4.69) is 0 Å². The molecule has 0 aromatic heterocycles. The highest BCUT2D eigenvalue weighted by atomic mass is 16.5. The molecule has 4 heteroatoms. The van der Waals surface area contributed by atoms with Crippen molar-refractivity contribution in [3.63, 3.8) is 0 Å². The van der Waals surface area contributed by atoms with E-state index in [9.17, 15) is 4.79 Å². The van der Waals surface area contributed by atoms with Gasteiger partial charge in [0, 0.05) is 6.54 Å². The lowest BCUT2D eigenvalue weighted by molar-refractivity contribution is -0.134. The highest BCUT2D eigenvalue weighted by molar-refractivity contribution is 5.90. The minimum Gasteiger partial charge on any atom is -0.313 e. The first-order valence-electron chi connectivity index (χ1n) is 3.59. The molecule has 60 valence electrons. The Kier molecular flexibility index (Phi) is 2.22. The van der Waals surface area contributed by atoms with Crippen LogP contribution >= 0.6 is 0 Å². The van der Waals surface area contributed by atoms with Crippen LogP contribution in [0.4, 0.5) is 0 Å². The van der Waals surface area contributed by atoms with Crippen LogP contribution in [-0.4, -0.2) is 28.6 Å². The lowest BCUT2D eigenvalue weighted by Crippen LogP contribution is -2.29. The summed E-state index contributed by atoms with van der Waals surface area (Å²) in [5, 5.41) is 18.5. The van der Waals surface area contributed by atoms with Crippen LogP contribution in [0.5, 0.6) is 0 Å². The standard InChI is InChI=1S/C7H10N2O2/c1-2-6-7(10)5(3-8)4-9(6)11/h5-6,11H,2,4H2,1H3. The van der Waals surface area contributed by atoms with E-state index in [1.807, 2.05) is 13.0 Å². The second kappa shape index (κ2) is 2.99. The number of rotatable bonds is 1. The third kappa shape index (κ3) is 1.25. The summed E-state index contributed by atoms with van der Waals surface area (Å²) in [6.45, 7) is 1.97. The second-order valence-electron chi connectivity index (χ2n) is 2.63. The molecule has 1 N–H and O–H groups in total. The van der Waals surface area contributed by atoms with Gasteiger partial charge in [-0.1, -0.05) is 6.92 Å². The third-order valence-corrected chi connectivity index (χ3v) is 1.94. The number of Topliss-reactive ketones (excluding diaryl/α,β-unsaturated/α-hetero) is 1. The molecule has 11 heavy (non-hydrogen) atoms. The maximum Gasteiger partial charge on any atom is 0.170 e. The lowest BCUT2D eigenvalue weighted by Gasteiger charge is -2.12. The van der Waals surface area contributed by atoms with Crippen LogP contribution < -0.4 is 0 Å². The quantitative estimate of drug-likeness (QED) is 0.585. The molecule has 0 aromatic rings. The molecule has 0 bridgehead atoms. The van der Waals surface area contributed by atoms with Gasteiger partial charge in [-0.15, -0.1) is 0 Å². The fourth-order valence-electron chi connectivity index (χ4n) is 1.30. The number of nitrogens with zero attached hydrogens (tertiary/aromatic N) is 2. The number of nitriles is 1. The smallest absolute Gasteiger partial charge is 0.170 e. The number of hydroxylamine groups is 2. The Morgan fingerprint density at radius 2 is 2.55 bits per heavy atom. The number of carbonyl (C=O) groups excluding carboxylic acids is 1. The zero-order valence-electron chi connectivity index (χ0n) is 6.32. The van der Waals surface area contributed by atoms with E-state index in [-0.39, 0.29) is 12.3 Å². The van der Waals surface area contributed by atoms with E-state index in [0.29, 0.717) is 6.42 Å². The van der Waals surface area contributed by atoms with Crippen molar-refractivity contribution in [3.8, 4) is 6.07 Å². The molecule has 1 rings (SSSR count). The molecule has 0 saturated carbocycles. The average Bonchev–Trinajstić information content (AvgIpc) is 2.26. The Hall–Kier alpha value is -0.920. The highest BCUT2D eigenvalue weighted by Gasteiger charge is 2.38. The summed E-state index contributed by atoms with van der Waals surface area (Å²) in [6, 6.07) is 1.40. The first kappa shape index (κ1) is 8.18. The topological polar surface area (TPSA) is 64.3 Å². The van der Waals surface area contributed by atoms with Crippen LogP contribution in [0.15, 0.2) is 0 Å². The molecule has 0 spiro atoms. The largest absolute Gasteiger partial charge is 0.313 e. The van der Waals surface area contributed by atoms with Gasteiger partial charge in [0.15, 0.2) is 5.78 Å². The Balaban J connectivity index is 2.72. The Morgan fingerprint density at radius 3 is 2.82 bits per heavy atom. The number of carbonyl (C=O) groups is 1. The Labute approximate surface area is 65.0 Å². The molecule has 0 amide bonds. The van der Waals surface area contributed by atoms with Crippen LogP contribution in [0.1, 0.15) is 13.3 Å². The van der Waals surface area contributed by atoms with Gasteiger partial charge in [-0.2, -0.15) is 10.3 Å². The van der Waals surface area contributed by atoms with Crippen LogP contribution in [0.25, 0.3) is 0 Å². The van der Waals surface area contributed by atoms with Crippen LogP contribution in [0.3, 0.4) is 0 Å². The molecule has 0 aromatic carbocycles. The summed E-state index contributed by atoms with van der Waals surface area (Å²) >= 11 is 0. The molecule has 1 heterocycles. The molecular weight excluding hydrogens is 144 g/mol. The van der Waals surface area contributed by atoms with Crippen molar-refractivity contribution in [1.82, 2.24) is 5.06 Å². The van der Waals surface area contributed by atoms with Crippen molar-refractivity contribution in [2.75, 3.05) is 6.54 Å². The summed E-state index contributed by atoms with van der Waals surface area (Å²) in [5.74, 6) is -0.789. The molecule has 1 fully saturated rings. The maximum atomic E-state index is 11.2. The summed E-state index contributed by atoms with van der Waals surface area (Å²) in [7, 11) is 0. The van der Waals surface area contributed by atoms with Crippen LogP contribution in [-0.2, 0) is 4.79 Å². The van der Waals surface area contributed by atoms with E-state index >= 15 is 0 Å². The molecular formula is C7H10N2O2. The van der Waals surface area contributed by atoms with Crippen molar-refractivity contribution in [2.45, 2.75) is 19.4 Å². The zero-order chi connectivity index (χ0) is 8.43. The van der Waals surface area contributed by atoms with Gasteiger partial charge in [0.1, 0.15) is 5.92 Å². The van der Waals surface area contributed by atoms with Gasteiger partial charge in [0.25, 0.3) is 0 Å². The van der Waals surface area contributed by atoms with Gasteiger partial charge in [-0.25, -0.2) is 0 Å². The summed E-state index contributed by atoms with van der Waals surface area (Å²) < 4.78 is 0. The number of ketones is 1. The minimum absolute atomic E-state index is 0.155. The van der Waals surface area contributed by atoms with Crippen molar-refractivity contribution >= 4 is 5.78 Å². The molecule has 0 radical (unpaired) electrons. The molecule has 1 saturated heterocycles. The fraction of sp³-hybridized carbons (Fsp3) is 0.714. The molecule has 2 atom stereocenters. The second-order valence-corrected chi connectivity index (χ2v) is 2.63. The van der Waals surface area contributed by atoms with E-state index in [4.69, 9.17) is 10.5 Å². The van der Waals surface area contributed by atoms with Gasteiger partial charge in [0.2, 0.25) is 0 Å². The monoisotopic (exact) mass is 154 g/mol. The SMILES string of the molecule is CCC1C(=O)C(C#N)CN1O. The highest BCUT2D eigenvalue weighted by Crippen LogP contribution is 2.18. The normalized spacial score (nSPS) is 32.3. The van der Waals surface area contributed by atoms with Gasteiger partial charge in [-0.05, 0) is 6.42 Å². The zero-order valence-corrected chi connectivity index (χ0v) is 6.32. The summed E-state index contributed by atoms with van der Waals surface area (Å²) in [6.07, 6.45) is 0.563. The van der Waals surface area contributed by atoms with Gasteiger partial charge in [-0.3, -0.25) is 4.79 Å². The molecule has 0 aliphatic carbocycles. The lowest BCUT2D eigenvalue weighted by atomic mass is 10.0. The van der Waals surface area contributed by atoms with Crippen LogP contribution in [0, 0.1) is 17.2 Å². The average molecular weight is 154 g/mol. The summed E-state index contributed by atoms with van der Waals surface area (Å²) in [4.78, 5) is 11.2. The molecule has 1 aliphatic heterocycles. The van der Waals surface area contributed by atoms with Gasteiger partial charge in [0.05, 0.1) is 12.1 Å². The molecule has 2 unspecified atom stereocenters. The van der Waals surface area contributed by atoms with E-state index in [0.717, 1.165) is 5.06 Å². The minimum atomic E-state index is -0.634. The van der Waals surface area contributed by atoms with Crippen molar-refractivity contribution < 1.29 is 10.0 Å². The molecule has 4 nitrogen and oxygen atoms in total. The van der Waals surface area contributed by atoms with Gasteiger partial charge < -0.3 is 5.21 Å². The number of hydrogen-bond acceptors (Lipinski definition) is 4. The first-order chi connectivity index (χ1) is 5.20.